The number of hydrogen-bond donors (Lipinski definition) is 1. The van der Waals surface area contributed by atoms with Crippen molar-refractivity contribution in [2.24, 2.45) is 18.2 Å². The number of rotatable bonds is 2. The summed E-state index contributed by atoms with van der Waals surface area (Å²) < 4.78 is 1.73. The van der Waals surface area contributed by atoms with E-state index >= 15 is 0 Å². The Morgan fingerprint density at radius 1 is 1.53 bits per heavy atom. The van der Waals surface area contributed by atoms with Crippen molar-refractivity contribution >= 4 is 11.6 Å². The molecule has 1 aliphatic carbocycles. The lowest BCUT2D eigenvalue weighted by molar-refractivity contribution is 0.501. The molecule has 1 saturated carbocycles. The minimum Gasteiger partial charge on any atom is -0.330 e. The van der Waals surface area contributed by atoms with Gasteiger partial charge in [-0.2, -0.15) is 5.10 Å². The van der Waals surface area contributed by atoms with E-state index in [1.807, 2.05) is 14.0 Å². The Morgan fingerprint density at radius 2 is 2.07 bits per heavy atom. The fourth-order valence-electron chi connectivity index (χ4n) is 2.76. The van der Waals surface area contributed by atoms with Crippen molar-refractivity contribution in [3.05, 3.63) is 16.4 Å². The second-order valence-electron chi connectivity index (χ2n) is 5.22. The van der Waals surface area contributed by atoms with Crippen LogP contribution >= 0.6 is 11.6 Å². The van der Waals surface area contributed by atoms with Crippen molar-refractivity contribution in [2.75, 3.05) is 6.54 Å². The topological polar surface area (TPSA) is 43.8 Å². The summed E-state index contributed by atoms with van der Waals surface area (Å²) in [7, 11) is 1.87. The van der Waals surface area contributed by atoms with Crippen molar-refractivity contribution in [3.63, 3.8) is 0 Å². The molecule has 0 aliphatic heterocycles. The Bertz CT molecular complexity index is 408. The van der Waals surface area contributed by atoms with E-state index in [1.165, 1.54) is 0 Å². The zero-order chi connectivity index (χ0) is 11.4. The van der Waals surface area contributed by atoms with Gasteiger partial charge >= 0.3 is 0 Å². The molecule has 2 rings (SSSR count). The van der Waals surface area contributed by atoms with E-state index in [-0.39, 0.29) is 10.8 Å². The second kappa shape index (κ2) is 2.98. The van der Waals surface area contributed by atoms with Gasteiger partial charge in [-0.25, -0.2) is 0 Å². The van der Waals surface area contributed by atoms with Crippen LogP contribution in [0.4, 0.5) is 0 Å². The highest BCUT2D eigenvalue weighted by Crippen LogP contribution is 2.65. The summed E-state index contributed by atoms with van der Waals surface area (Å²) in [5.41, 5.74) is 8.39. The van der Waals surface area contributed by atoms with Crippen molar-refractivity contribution < 1.29 is 0 Å². The Kier molecular flexibility index (Phi) is 2.18. The van der Waals surface area contributed by atoms with Crippen LogP contribution in [0.2, 0.25) is 5.15 Å². The van der Waals surface area contributed by atoms with Crippen molar-refractivity contribution in [1.29, 1.82) is 0 Å². The summed E-state index contributed by atoms with van der Waals surface area (Å²) in [6.07, 6.45) is 1.10. The van der Waals surface area contributed by atoms with E-state index in [4.69, 9.17) is 17.3 Å². The minimum absolute atomic E-state index is 0.0441. The molecule has 84 valence electrons. The van der Waals surface area contributed by atoms with E-state index in [0.29, 0.717) is 6.54 Å². The van der Waals surface area contributed by atoms with Crippen molar-refractivity contribution in [2.45, 2.75) is 32.6 Å². The van der Waals surface area contributed by atoms with Crippen LogP contribution in [0.1, 0.15) is 31.5 Å². The Hall–Kier alpha value is -0.540. The Morgan fingerprint density at radius 3 is 2.33 bits per heavy atom. The van der Waals surface area contributed by atoms with Crippen molar-refractivity contribution in [1.82, 2.24) is 9.78 Å². The van der Waals surface area contributed by atoms with Gasteiger partial charge in [0.15, 0.2) is 0 Å². The lowest BCUT2D eigenvalue weighted by Gasteiger charge is -2.18. The highest BCUT2D eigenvalue weighted by atomic mass is 35.5. The van der Waals surface area contributed by atoms with Crippen LogP contribution in [0.15, 0.2) is 0 Å². The standard InChI is InChI=1S/C11H18ClN3/c1-7-8(9(12)15(4)14-7)11(6-13)5-10(11,2)3/h5-6,13H2,1-4H3. The van der Waals surface area contributed by atoms with Gasteiger partial charge in [0.05, 0.1) is 5.69 Å². The molecule has 15 heavy (non-hydrogen) atoms. The lowest BCUT2D eigenvalue weighted by Crippen LogP contribution is -2.26. The predicted molar refractivity (Wildman–Crippen MR) is 62.1 cm³/mol. The molecule has 0 saturated heterocycles. The van der Waals surface area contributed by atoms with Gasteiger partial charge in [0, 0.05) is 24.6 Å². The lowest BCUT2D eigenvalue weighted by atomic mass is 9.88. The smallest absolute Gasteiger partial charge is 0.130 e. The maximum Gasteiger partial charge on any atom is 0.130 e. The van der Waals surface area contributed by atoms with E-state index in [0.717, 1.165) is 22.8 Å². The third-order valence-corrected chi connectivity index (χ3v) is 4.33. The number of aryl methyl sites for hydroxylation is 2. The zero-order valence-corrected chi connectivity index (χ0v) is 10.5. The number of halogens is 1. The van der Waals surface area contributed by atoms with E-state index in [2.05, 4.69) is 18.9 Å². The number of aromatic nitrogens is 2. The van der Waals surface area contributed by atoms with Crippen LogP contribution in [-0.2, 0) is 12.5 Å². The van der Waals surface area contributed by atoms with E-state index in [9.17, 15) is 0 Å². The minimum atomic E-state index is 0.0441. The Balaban J connectivity index is 2.55. The summed E-state index contributed by atoms with van der Waals surface area (Å²) in [5, 5.41) is 5.10. The maximum atomic E-state index is 6.29. The van der Waals surface area contributed by atoms with Gasteiger partial charge in [-0.1, -0.05) is 25.4 Å². The van der Waals surface area contributed by atoms with Gasteiger partial charge in [-0.3, -0.25) is 4.68 Å². The highest BCUT2D eigenvalue weighted by molar-refractivity contribution is 6.30. The molecular formula is C11H18ClN3. The van der Waals surface area contributed by atoms with Crippen LogP contribution in [0, 0.1) is 12.3 Å². The number of hydrogen-bond acceptors (Lipinski definition) is 2. The third kappa shape index (κ3) is 1.26. The number of nitrogens with two attached hydrogens (primary N) is 1. The fraction of sp³-hybridized carbons (Fsp3) is 0.727. The van der Waals surface area contributed by atoms with Crippen LogP contribution in [0.5, 0.6) is 0 Å². The molecule has 4 heteroatoms. The summed E-state index contributed by atoms with van der Waals surface area (Å²) >= 11 is 6.29. The van der Waals surface area contributed by atoms with Crippen LogP contribution in [-0.4, -0.2) is 16.3 Å². The monoisotopic (exact) mass is 227 g/mol. The first kappa shape index (κ1) is 11.0. The normalized spacial score (nSPS) is 28.1. The predicted octanol–water partition coefficient (Wildman–Crippen LogP) is 2.01. The molecule has 0 aromatic carbocycles. The first-order chi connectivity index (χ1) is 6.85. The molecule has 0 spiro atoms. The van der Waals surface area contributed by atoms with Gasteiger partial charge in [-0.15, -0.1) is 0 Å². The van der Waals surface area contributed by atoms with Gasteiger partial charge < -0.3 is 5.73 Å². The molecule has 0 radical (unpaired) electrons. The zero-order valence-electron chi connectivity index (χ0n) is 9.76. The molecular weight excluding hydrogens is 210 g/mol. The maximum absolute atomic E-state index is 6.29. The summed E-state index contributed by atoms with van der Waals surface area (Å²) in [5.74, 6) is 0. The molecule has 1 heterocycles. The van der Waals surface area contributed by atoms with Crippen LogP contribution in [0.25, 0.3) is 0 Å². The van der Waals surface area contributed by atoms with Gasteiger partial charge in [0.2, 0.25) is 0 Å². The SMILES string of the molecule is Cc1nn(C)c(Cl)c1C1(CN)CC1(C)C. The van der Waals surface area contributed by atoms with E-state index < -0.39 is 0 Å². The van der Waals surface area contributed by atoms with E-state index in [1.54, 1.807) is 4.68 Å². The summed E-state index contributed by atoms with van der Waals surface area (Å²) in [4.78, 5) is 0. The largest absolute Gasteiger partial charge is 0.330 e. The van der Waals surface area contributed by atoms with Gasteiger partial charge in [-0.05, 0) is 18.8 Å². The molecule has 1 unspecified atom stereocenters. The molecule has 1 aromatic heterocycles. The molecule has 1 aliphatic rings. The number of nitrogens with zero attached hydrogens (tertiary/aromatic N) is 2. The molecule has 1 atom stereocenters. The average Bonchev–Trinajstić information content (AvgIpc) is 2.59. The first-order valence-electron chi connectivity index (χ1n) is 5.25. The molecule has 0 amide bonds. The van der Waals surface area contributed by atoms with Crippen LogP contribution in [0.3, 0.4) is 0 Å². The van der Waals surface area contributed by atoms with Gasteiger partial charge in [0.25, 0.3) is 0 Å². The van der Waals surface area contributed by atoms with Gasteiger partial charge in [0.1, 0.15) is 5.15 Å². The van der Waals surface area contributed by atoms with Crippen LogP contribution < -0.4 is 5.73 Å². The van der Waals surface area contributed by atoms with Crippen molar-refractivity contribution in [3.8, 4) is 0 Å². The quantitative estimate of drug-likeness (QED) is 0.840. The fourth-order valence-corrected chi connectivity index (χ4v) is 3.12. The molecule has 1 aromatic rings. The molecule has 2 N–H and O–H groups in total. The summed E-state index contributed by atoms with van der Waals surface area (Å²) in [6, 6.07) is 0. The summed E-state index contributed by atoms with van der Waals surface area (Å²) in [6.45, 7) is 7.13. The highest BCUT2D eigenvalue weighted by Gasteiger charge is 2.63. The Labute approximate surface area is 95.6 Å². The third-order valence-electron chi connectivity index (χ3n) is 3.89. The first-order valence-corrected chi connectivity index (χ1v) is 5.63. The average molecular weight is 228 g/mol. The molecule has 0 bridgehead atoms. The molecule has 3 nitrogen and oxygen atoms in total. The second-order valence-corrected chi connectivity index (χ2v) is 5.58. The molecule has 1 fully saturated rings.